The molecule has 2 amide bonds. The smallest absolute Gasteiger partial charge is 0.243 e. The normalized spacial score (nSPS) is 21.8. The van der Waals surface area contributed by atoms with Crippen LogP contribution in [0.1, 0.15) is 37.7 Å². The second-order valence-corrected chi connectivity index (χ2v) is 9.52. The minimum Gasteiger partial charge on any atom is -0.340 e. The van der Waals surface area contributed by atoms with Crippen LogP contribution in [0.5, 0.6) is 0 Å². The van der Waals surface area contributed by atoms with Gasteiger partial charge in [0.1, 0.15) is 0 Å². The summed E-state index contributed by atoms with van der Waals surface area (Å²) in [5, 5.41) is 2.77. The predicted molar refractivity (Wildman–Crippen MR) is 101 cm³/mol. The maximum absolute atomic E-state index is 13.0. The zero-order chi connectivity index (χ0) is 19.0. The van der Waals surface area contributed by atoms with Gasteiger partial charge >= 0.3 is 0 Å². The lowest BCUT2D eigenvalue weighted by atomic mass is 10.0. The summed E-state index contributed by atoms with van der Waals surface area (Å²) in [6.45, 7) is 1.56. The molecule has 2 heterocycles. The highest BCUT2D eigenvalue weighted by molar-refractivity contribution is 7.89. The molecule has 0 unspecified atom stereocenters. The number of anilines is 1. The number of nitrogens with one attached hydrogen (secondary N) is 1. The van der Waals surface area contributed by atoms with E-state index in [1.54, 1.807) is 18.2 Å². The Hall–Kier alpha value is -1.93. The fourth-order valence-electron chi connectivity index (χ4n) is 4.25. The van der Waals surface area contributed by atoms with Crippen LogP contribution in [-0.2, 0) is 26.0 Å². The van der Waals surface area contributed by atoms with Crippen LogP contribution in [0, 0.1) is 5.92 Å². The largest absolute Gasteiger partial charge is 0.340 e. The number of fused-ring (bicyclic) bond motifs is 1. The summed E-state index contributed by atoms with van der Waals surface area (Å²) in [7, 11) is -3.59. The van der Waals surface area contributed by atoms with Gasteiger partial charge in [-0.05, 0) is 43.0 Å². The molecule has 0 aromatic heterocycles. The minimum atomic E-state index is -3.59. The van der Waals surface area contributed by atoms with Crippen LogP contribution < -0.4 is 5.32 Å². The van der Waals surface area contributed by atoms with Crippen LogP contribution in [0.3, 0.4) is 0 Å². The minimum absolute atomic E-state index is 0.0406. The van der Waals surface area contributed by atoms with Gasteiger partial charge in [0.05, 0.1) is 4.90 Å². The Labute approximate surface area is 159 Å². The summed E-state index contributed by atoms with van der Waals surface area (Å²) in [5.41, 5.74) is 1.54. The number of nitrogens with zero attached hydrogens (tertiary/aromatic N) is 2. The van der Waals surface area contributed by atoms with Crippen LogP contribution in [0.4, 0.5) is 5.69 Å². The summed E-state index contributed by atoms with van der Waals surface area (Å²) >= 11 is 0. The maximum Gasteiger partial charge on any atom is 0.243 e. The van der Waals surface area contributed by atoms with Crippen molar-refractivity contribution in [1.29, 1.82) is 0 Å². The standard InChI is InChI=1S/C19H25N3O4S/c23-18-8-5-15-13-16(6-7-17(15)20-18)27(25,26)22-11-9-21(10-12-22)19(24)14-3-1-2-4-14/h6-7,13-14H,1-5,8-12H2,(H,20,23). The second kappa shape index (κ2) is 7.24. The molecule has 1 aromatic carbocycles. The van der Waals surface area contributed by atoms with Crippen molar-refractivity contribution in [2.24, 2.45) is 5.92 Å². The molecule has 2 aliphatic heterocycles. The topological polar surface area (TPSA) is 86.8 Å². The van der Waals surface area contributed by atoms with Gasteiger partial charge in [0.25, 0.3) is 0 Å². The fourth-order valence-corrected chi connectivity index (χ4v) is 5.72. The van der Waals surface area contributed by atoms with E-state index in [1.807, 2.05) is 4.90 Å². The van der Waals surface area contributed by atoms with Gasteiger partial charge in [-0.3, -0.25) is 9.59 Å². The molecule has 27 heavy (non-hydrogen) atoms. The fraction of sp³-hybridized carbons (Fsp3) is 0.579. The molecule has 0 atom stereocenters. The molecule has 146 valence electrons. The molecule has 4 rings (SSSR count). The average Bonchev–Trinajstić information content (AvgIpc) is 3.22. The molecule has 1 aliphatic carbocycles. The van der Waals surface area contributed by atoms with E-state index >= 15 is 0 Å². The molecule has 8 heteroatoms. The van der Waals surface area contributed by atoms with E-state index in [1.165, 1.54) is 4.31 Å². The van der Waals surface area contributed by atoms with E-state index in [9.17, 15) is 18.0 Å². The zero-order valence-electron chi connectivity index (χ0n) is 15.3. The Morgan fingerprint density at radius 2 is 1.74 bits per heavy atom. The first kappa shape index (κ1) is 18.4. The Balaban J connectivity index is 1.44. The molecule has 0 spiro atoms. The summed E-state index contributed by atoms with van der Waals surface area (Å²) in [4.78, 5) is 26.1. The first-order valence-electron chi connectivity index (χ1n) is 9.67. The Kier molecular flexibility index (Phi) is 4.94. The number of amides is 2. The van der Waals surface area contributed by atoms with Gasteiger partial charge in [0.2, 0.25) is 21.8 Å². The maximum atomic E-state index is 13.0. The number of carbonyl (C=O) groups is 2. The summed E-state index contributed by atoms with van der Waals surface area (Å²) in [5.74, 6) is 0.277. The second-order valence-electron chi connectivity index (χ2n) is 7.58. The Bertz CT molecular complexity index is 854. The summed E-state index contributed by atoms with van der Waals surface area (Å²) < 4.78 is 27.5. The van der Waals surface area contributed by atoms with E-state index in [0.717, 1.165) is 31.2 Å². The van der Waals surface area contributed by atoms with E-state index in [0.29, 0.717) is 44.7 Å². The van der Waals surface area contributed by atoms with Crippen molar-refractivity contribution >= 4 is 27.5 Å². The van der Waals surface area contributed by atoms with Gasteiger partial charge < -0.3 is 10.2 Å². The number of benzene rings is 1. The average molecular weight is 391 g/mol. The van der Waals surface area contributed by atoms with Gasteiger partial charge in [-0.1, -0.05) is 12.8 Å². The molecule has 0 radical (unpaired) electrons. The third-order valence-corrected chi connectivity index (χ3v) is 7.76. The van der Waals surface area contributed by atoms with Crippen molar-refractivity contribution in [2.45, 2.75) is 43.4 Å². The quantitative estimate of drug-likeness (QED) is 0.848. The lowest BCUT2D eigenvalue weighted by Gasteiger charge is -2.35. The van der Waals surface area contributed by atoms with Crippen LogP contribution in [0.25, 0.3) is 0 Å². The molecule has 7 nitrogen and oxygen atoms in total. The lowest BCUT2D eigenvalue weighted by Crippen LogP contribution is -2.51. The third-order valence-electron chi connectivity index (χ3n) is 5.86. The van der Waals surface area contributed by atoms with Gasteiger partial charge in [-0.25, -0.2) is 8.42 Å². The van der Waals surface area contributed by atoms with Crippen molar-refractivity contribution in [3.05, 3.63) is 23.8 Å². The third kappa shape index (κ3) is 3.60. The first-order valence-corrected chi connectivity index (χ1v) is 11.1. The highest BCUT2D eigenvalue weighted by atomic mass is 32.2. The van der Waals surface area contributed by atoms with Crippen LogP contribution in [-0.4, -0.2) is 55.6 Å². The summed E-state index contributed by atoms with van der Waals surface area (Å²) in [6.07, 6.45) is 5.08. The molecule has 1 saturated heterocycles. The van der Waals surface area contributed by atoms with E-state index in [2.05, 4.69) is 5.32 Å². The van der Waals surface area contributed by atoms with E-state index in [4.69, 9.17) is 0 Å². The molecular weight excluding hydrogens is 366 g/mol. The molecule has 1 N–H and O–H groups in total. The first-order chi connectivity index (χ1) is 12.9. The van der Waals surface area contributed by atoms with E-state index < -0.39 is 10.0 Å². The van der Waals surface area contributed by atoms with Gasteiger partial charge in [0.15, 0.2) is 0 Å². The summed E-state index contributed by atoms with van der Waals surface area (Å²) in [6, 6.07) is 4.88. The van der Waals surface area contributed by atoms with Crippen molar-refractivity contribution in [3.63, 3.8) is 0 Å². The van der Waals surface area contributed by atoms with Crippen LogP contribution in [0.15, 0.2) is 23.1 Å². The number of carbonyl (C=O) groups excluding carboxylic acids is 2. The van der Waals surface area contributed by atoms with Crippen molar-refractivity contribution in [1.82, 2.24) is 9.21 Å². The molecular formula is C19H25N3O4S. The molecule has 1 aromatic rings. The van der Waals surface area contributed by atoms with Gasteiger partial charge in [-0.15, -0.1) is 0 Å². The number of piperazine rings is 1. The number of sulfonamides is 1. The molecule has 3 aliphatic rings. The lowest BCUT2D eigenvalue weighted by molar-refractivity contribution is -0.136. The van der Waals surface area contributed by atoms with Crippen molar-refractivity contribution in [3.8, 4) is 0 Å². The number of hydrogen-bond donors (Lipinski definition) is 1. The van der Waals surface area contributed by atoms with Crippen molar-refractivity contribution in [2.75, 3.05) is 31.5 Å². The SMILES string of the molecule is O=C1CCc2cc(S(=O)(=O)N3CCN(C(=O)C4CCCC4)CC3)ccc2N1. The molecule has 0 bridgehead atoms. The van der Waals surface area contributed by atoms with Crippen molar-refractivity contribution < 1.29 is 18.0 Å². The Morgan fingerprint density at radius 1 is 1.04 bits per heavy atom. The zero-order valence-corrected chi connectivity index (χ0v) is 16.1. The van der Waals surface area contributed by atoms with Crippen LogP contribution >= 0.6 is 0 Å². The monoisotopic (exact) mass is 391 g/mol. The number of rotatable bonds is 3. The number of hydrogen-bond acceptors (Lipinski definition) is 4. The van der Waals surface area contributed by atoms with Gasteiger partial charge in [0, 0.05) is 44.2 Å². The highest BCUT2D eigenvalue weighted by Gasteiger charge is 2.33. The molecule has 1 saturated carbocycles. The predicted octanol–water partition coefficient (Wildman–Crippen LogP) is 1.59. The number of aryl methyl sites for hydroxylation is 1. The highest BCUT2D eigenvalue weighted by Crippen LogP contribution is 2.29. The van der Waals surface area contributed by atoms with E-state index in [-0.39, 0.29) is 22.6 Å². The Morgan fingerprint density at radius 3 is 2.44 bits per heavy atom. The van der Waals surface area contributed by atoms with Gasteiger partial charge in [-0.2, -0.15) is 4.31 Å². The molecule has 2 fully saturated rings. The van der Waals surface area contributed by atoms with Crippen LogP contribution in [0.2, 0.25) is 0 Å².